The Morgan fingerprint density at radius 2 is 1.66 bits per heavy atom. The van der Waals surface area contributed by atoms with Gasteiger partial charge < -0.3 is 15.2 Å². The Labute approximate surface area is 225 Å². The number of benzene rings is 3. The standard InChI is InChI=1S/C30H36N2O5S/c1-22(33)32-38(35,36)30-17-16-26(20-29(30)37-27-10-6-3-7-11-27)24-14-12-23(13-15-24)18-19-31-21-28(34)25-8-4-2-5-9-25/h2,4-5,8-9,12-17,20,27-28,31,34H,3,6-7,10-11,18-19,21H2,1H3,(H,32,33)/t28-/m0/s1. The number of aliphatic hydroxyl groups is 1. The highest BCUT2D eigenvalue weighted by Crippen LogP contribution is 2.33. The Kier molecular flexibility index (Phi) is 9.55. The Hall–Kier alpha value is -3.20. The van der Waals surface area contributed by atoms with E-state index in [1.807, 2.05) is 54.6 Å². The largest absolute Gasteiger partial charge is 0.489 e. The van der Waals surface area contributed by atoms with Crippen molar-refractivity contribution in [2.45, 2.75) is 62.6 Å². The van der Waals surface area contributed by atoms with Gasteiger partial charge in [-0.25, -0.2) is 13.1 Å². The third-order valence-electron chi connectivity index (χ3n) is 6.76. The van der Waals surface area contributed by atoms with Crippen molar-refractivity contribution in [3.63, 3.8) is 0 Å². The molecule has 38 heavy (non-hydrogen) atoms. The maximum absolute atomic E-state index is 12.8. The zero-order valence-corrected chi connectivity index (χ0v) is 22.5. The first-order valence-electron chi connectivity index (χ1n) is 13.2. The van der Waals surface area contributed by atoms with E-state index in [4.69, 9.17) is 4.74 Å². The molecule has 3 aromatic rings. The lowest BCUT2D eigenvalue weighted by Gasteiger charge is -2.24. The van der Waals surface area contributed by atoms with Crippen LogP contribution in [0.5, 0.6) is 5.75 Å². The fourth-order valence-corrected chi connectivity index (χ4v) is 5.84. The van der Waals surface area contributed by atoms with Gasteiger partial charge in [0.1, 0.15) is 10.6 Å². The minimum absolute atomic E-state index is 0.0255. The topological polar surface area (TPSA) is 105 Å². The summed E-state index contributed by atoms with van der Waals surface area (Å²) in [5.41, 5.74) is 3.83. The Morgan fingerprint density at radius 1 is 0.974 bits per heavy atom. The number of hydrogen-bond acceptors (Lipinski definition) is 6. The number of rotatable bonds is 11. The second-order valence-corrected chi connectivity index (χ2v) is 11.4. The number of amides is 1. The van der Waals surface area contributed by atoms with Gasteiger partial charge in [0, 0.05) is 13.5 Å². The summed E-state index contributed by atoms with van der Waals surface area (Å²) in [5, 5.41) is 13.6. The monoisotopic (exact) mass is 536 g/mol. The van der Waals surface area contributed by atoms with Crippen LogP contribution >= 0.6 is 0 Å². The number of carbonyl (C=O) groups excluding carboxylic acids is 1. The Morgan fingerprint density at radius 3 is 2.34 bits per heavy atom. The number of hydrogen-bond donors (Lipinski definition) is 3. The second kappa shape index (κ2) is 13.0. The minimum Gasteiger partial charge on any atom is -0.489 e. The first kappa shape index (κ1) is 27.8. The van der Waals surface area contributed by atoms with Crippen molar-refractivity contribution in [1.82, 2.24) is 10.0 Å². The van der Waals surface area contributed by atoms with E-state index in [0.29, 0.717) is 6.54 Å². The second-order valence-electron chi connectivity index (χ2n) is 9.78. The summed E-state index contributed by atoms with van der Waals surface area (Å²) in [5.74, 6) is -0.370. The third kappa shape index (κ3) is 7.66. The highest BCUT2D eigenvalue weighted by atomic mass is 32.2. The van der Waals surface area contributed by atoms with E-state index in [0.717, 1.165) is 67.3 Å². The molecule has 3 aromatic carbocycles. The molecule has 0 unspecified atom stereocenters. The fraction of sp³-hybridized carbons (Fsp3) is 0.367. The summed E-state index contributed by atoms with van der Waals surface area (Å²) in [6.45, 7) is 2.40. The predicted octanol–water partition coefficient (Wildman–Crippen LogP) is 4.76. The zero-order valence-electron chi connectivity index (χ0n) is 21.7. The first-order valence-corrected chi connectivity index (χ1v) is 14.7. The van der Waals surface area contributed by atoms with Crippen LogP contribution in [0.3, 0.4) is 0 Å². The number of carbonyl (C=O) groups is 1. The summed E-state index contributed by atoms with van der Waals surface area (Å²) >= 11 is 0. The third-order valence-corrected chi connectivity index (χ3v) is 8.23. The molecule has 202 valence electrons. The van der Waals surface area contributed by atoms with Gasteiger partial charge in [-0.15, -0.1) is 0 Å². The number of sulfonamides is 1. The molecule has 7 nitrogen and oxygen atoms in total. The molecule has 1 amide bonds. The highest BCUT2D eigenvalue weighted by molar-refractivity contribution is 7.90. The van der Waals surface area contributed by atoms with Crippen LogP contribution in [0.2, 0.25) is 0 Å². The zero-order chi connectivity index (χ0) is 27.0. The Bertz CT molecular complexity index is 1300. The van der Waals surface area contributed by atoms with Crippen LogP contribution in [0, 0.1) is 0 Å². The lowest BCUT2D eigenvalue weighted by molar-refractivity contribution is -0.117. The van der Waals surface area contributed by atoms with E-state index >= 15 is 0 Å². The van der Waals surface area contributed by atoms with Crippen molar-refractivity contribution in [2.75, 3.05) is 13.1 Å². The van der Waals surface area contributed by atoms with Gasteiger partial charge in [0.2, 0.25) is 5.91 Å². The first-order chi connectivity index (χ1) is 18.3. The van der Waals surface area contributed by atoms with Gasteiger partial charge >= 0.3 is 0 Å². The molecule has 0 bridgehead atoms. The molecule has 4 rings (SSSR count). The van der Waals surface area contributed by atoms with Gasteiger partial charge in [0.25, 0.3) is 10.0 Å². The molecule has 1 aliphatic rings. The van der Waals surface area contributed by atoms with Gasteiger partial charge in [0.15, 0.2) is 0 Å². The van der Waals surface area contributed by atoms with Crippen LogP contribution in [-0.4, -0.2) is 38.6 Å². The fourth-order valence-electron chi connectivity index (χ4n) is 4.74. The quantitative estimate of drug-likeness (QED) is 0.306. The van der Waals surface area contributed by atoms with Gasteiger partial charge in [-0.2, -0.15) is 0 Å². The molecule has 0 saturated heterocycles. The van der Waals surface area contributed by atoms with Crippen molar-refractivity contribution < 1.29 is 23.1 Å². The smallest absolute Gasteiger partial charge is 0.267 e. The van der Waals surface area contributed by atoms with Crippen LogP contribution in [-0.2, 0) is 21.2 Å². The maximum atomic E-state index is 12.8. The van der Waals surface area contributed by atoms with Crippen LogP contribution in [0.15, 0.2) is 77.7 Å². The molecule has 8 heteroatoms. The van der Waals surface area contributed by atoms with E-state index in [-0.39, 0.29) is 16.7 Å². The molecule has 0 spiro atoms. The molecule has 1 atom stereocenters. The van der Waals surface area contributed by atoms with Gasteiger partial charge in [0.05, 0.1) is 12.2 Å². The van der Waals surface area contributed by atoms with E-state index in [1.54, 1.807) is 12.1 Å². The van der Waals surface area contributed by atoms with Crippen molar-refractivity contribution in [2.24, 2.45) is 0 Å². The van der Waals surface area contributed by atoms with Crippen LogP contribution in [0.1, 0.15) is 56.3 Å². The molecule has 0 radical (unpaired) electrons. The Balaban J connectivity index is 1.43. The molecular weight excluding hydrogens is 500 g/mol. The number of aliphatic hydroxyl groups excluding tert-OH is 1. The van der Waals surface area contributed by atoms with Crippen molar-refractivity contribution in [3.05, 3.63) is 83.9 Å². The van der Waals surface area contributed by atoms with Gasteiger partial charge in [-0.1, -0.05) is 67.1 Å². The molecule has 0 heterocycles. The number of nitrogens with one attached hydrogen (secondary N) is 2. The molecule has 3 N–H and O–H groups in total. The van der Waals surface area contributed by atoms with Gasteiger partial charge in [-0.3, -0.25) is 4.79 Å². The molecule has 0 aromatic heterocycles. The molecule has 1 fully saturated rings. The molecule has 1 saturated carbocycles. The summed E-state index contributed by atoms with van der Waals surface area (Å²) < 4.78 is 33.9. The molecular formula is C30H36N2O5S. The van der Waals surface area contributed by atoms with Crippen molar-refractivity contribution in [3.8, 4) is 16.9 Å². The van der Waals surface area contributed by atoms with Crippen LogP contribution < -0.4 is 14.8 Å². The average molecular weight is 537 g/mol. The van der Waals surface area contributed by atoms with Crippen molar-refractivity contribution >= 4 is 15.9 Å². The van der Waals surface area contributed by atoms with Crippen LogP contribution in [0.25, 0.3) is 11.1 Å². The highest BCUT2D eigenvalue weighted by Gasteiger charge is 2.24. The van der Waals surface area contributed by atoms with E-state index < -0.39 is 22.0 Å². The maximum Gasteiger partial charge on any atom is 0.267 e. The normalized spacial score (nSPS) is 15.1. The summed E-state index contributed by atoms with van der Waals surface area (Å²) in [6.07, 6.45) is 5.27. The SMILES string of the molecule is CC(=O)NS(=O)(=O)c1ccc(-c2ccc(CCNC[C@H](O)c3ccccc3)cc2)cc1OC1CCCCC1. The summed E-state index contributed by atoms with van der Waals surface area (Å²) in [4.78, 5) is 11.5. The molecule has 0 aliphatic heterocycles. The summed E-state index contributed by atoms with van der Waals surface area (Å²) in [7, 11) is -4.03. The van der Waals surface area contributed by atoms with E-state index in [2.05, 4.69) is 10.0 Å². The van der Waals surface area contributed by atoms with Crippen molar-refractivity contribution in [1.29, 1.82) is 0 Å². The van der Waals surface area contributed by atoms with E-state index in [1.165, 1.54) is 13.0 Å². The summed E-state index contributed by atoms with van der Waals surface area (Å²) in [6, 6.07) is 22.7. The lowest BCUT2D eigenvalue weighted by atomic mass is 9.97. The number of ether oxygens (including phenoxy) is 1. The van der Waals surface area contributed by atoms with E-state index in [9.17, 15) is 18.3 Å². The average Bonchev–Trinajstić information content (AvgIpc) is 2.91. The minimum atomic E-state index is -4.03. The van der Waals surface area contributed by atoms with Gasteiger partial charge in [-0.05, 0) is 73.0 Å². The predicted molar refractivity (Wildman–Crippen MR) is 148 cm³/mol. The van der Waals surface area contributed by atoms with Crippen LogP contribution in [0.4, 0.5) is 0 Å². The molecule has 1 aliphatic carbocycles. The lowest BCUT2D eigenvalue weighted by Crippen LogP contribution is -2.29.